The van der Waals surface area contributed by atoms with Crippen LogP contribution in [0.3, 0.4) is 0 Å². The summed E-state index contributed by atoms with van der Waals surface area (Å²) in [7, 11) is 0. The average molecular weight is 300 g/mol. The molecule has 0 aliphatic carbocycles. The average Bonchev–Trinajstić information content (AvgIpc) is 2.53. The van der Waals surface area contributed by atoms with Crippen LogP contribution in [0.5, 0.6) is 17.2 Å². The third kappa shape index (κ3) is 2.61. The van der Waals surface area contributed by atoms with E-state index in [4.69, 9.17) is 4.42 Å². The number of phenols is 2. The molecule has 5 nitrogen and oxygen atoms in total. The maximum absolute atomic E-state index is 12.1. The molecular weight excluding hydrogens is 284 g/mol. The lowest BCUT2D eigenvalue weighted by Crippen LogP contribution is -2.02. The molecule has 0 atom stereocenters. The van der Waals surface area contributed by atoms with Gasteiger partial charge in [-0.3, -0.25) is 4.79 Å². The normalized spacial score (nSPS) is 10.1. The Hall–Kier alpha value is -2.95. The fourth-order valence-corrected chi connectivity index (χ4v) is 2.06. The molecule has 22 heavy (non-hydrogen) atoms. The Morgan fingerprint density at radius 3 is 2.23 bits per heavy atom. The number of rotatable bonds is 1. The van der Waals surface area contributed by atoms with Crippen molar-refractivity contribution >= 4 is 11.0 Å². The van der Waals surface area contributed by atoms with Crippen molar-refractivity contribution in [2.45, 2.75) is 13.8 Å². The van der Waals surface area contributed by atoms with Gasteiger partial charge in [0.25, 0.3) is 0 Å². The molecule has 3 rings (SSSR count). The Morgan fingerprint density at radius 2 is 1.59 bits per heavy atom. The van der Waals surface area contributed by atoms with Crippen molar-refractivity contribution in [3.05, 3.63) is 52.7 Å². The molecule has 0 radical (unpaired) electrons. The van der Waals surface area contributed by atoms with Crippen molar-refractivity contribution in [1.82, 2.24) is 0 Å². The number of fused-ring (bicyclic) bond motifs is 1. The first kappa shape index (κ1) is 15.4. The third-order valence-corrected chi connectivity index (χ3v) is 2.97. The van der Waals surface area contributed by atoms with Gasteiger partial charge < -0.3 is 19.7 Å². The number of hydrogen-bond donors (Lipinski definition) is 3. The summed E-state index contributed by atoms with van der Waals surface area (Å²) >= 11 is 0. The molecular formula is C17H16O5. The van der Waals surface area contributed by atoms with Gasteiger partial charge >= 0.3 is 0 Å². The second-order valence-electron chi connectivity index (χ2n) is 4.31. The topological polar surface area (TPSA) is 90.9 Å². The molecule has 1 aromatic heterocycles. The monoisotopic (exact) mass is 300 g/mol. The van der Waals surface area contributed by atoms with Crippen LogP contribution in [-0.2, 0) is 0 Å². The lowest BCUT2D eigenvalue weighted by atomic mass is 10.1. The van der Waals surface area contributed by atoms with Gasteiger partial charge in [0.15, 0.2) is 5.76 Å². The van der Waals surface area contributed by atoms with Crippen LogP contribution in [-0.4, -0.2) is 15.3 Å². The summed E-state index contributed by atoms with van der Waals surface area (Å²) < 4.78 is 5.45. The highest BCUT2D eigenvalue weighted by atomic mass is 16.4. The van der Waals surface area contributed by atoms with E-state index < -0.39 is 16.9 Å². The highest BCUT2D eigenvalue weighted by molar-refractivity contribution is 5.88. The van der Waals surface area contributed by atoms with Gasteiger partial charge in [-0.15, -0.1) is 0 Å². The minimum absolute atomic E-state index is 0.00385. The summed E-state index contributed by atoms with van der Waals surface area (Å²) in [5.41, 5.74) is -0.224. The quantitative estimate of drug-likeness (QED) is 0.638. The van der Waals surface area contributed by atoms with Gasteiger partial charge in [-0.05, 0) is 0 Å². The fourth-order valence-electron chi connectivity index (χ4n) is 2.06. The molecule has 0 aliphatic heterocycles. The van der Waals surface area contributed by atoms with Gasteiger partial charge in [-0.25, -0.2) is 0 Å². The number of benzene rings is 2. The van der Waals surface area contributed by atoms with Crippen LogP contribution < -0.4 is 5.43 Å². The molecule has 0 fully saturated rings. The van der Waals surface area contributed by atoms with Gasteiger partial charge in [0.1, 0.15) is 22.5 Å². The fraction of sp³-hybridized carbons (Fsp3) is 0.118. The highest BCUT2D eigenvalue weighted by Crippen LogP contribution is 2.34. The molecule has 1 heterocycles. The van der Waals surface area contributed by atoms with Crippen LogP contribution in [0.1, 0.15) is 13.8 Å². The number of phenolic OH excluding ortho intramolecular Hbond substituents is 2. The predicted octanol–water partition coefficient (Wildman–Crippen LogP) is 3.60. The molecule has 114 valence electrons. The Kier molecular flexibility index (Phi) is 4.36. The molecule has 0 spiro atoms. The maximum Gasteiger partial charge on any atom is 0.238 e. The molecule has 0 amide bonds. The van der Waals surface area contributed by atoms with E-state index in [2.05, 4.69) is 0 Å². The minimum atomic E-state index is -0.748. The van der Waals surface area contributed by atoms with E-state index in [1.807, 2.05) is 13.8 Å². The lowest BCUT2D eigenvalue weighted by molar-refractivity contribution is 0.438. The van der Waals surface area contributed by atoms with Gasteiger partial charge in [-0.1, -0.05) is 44.2 Å². The molecule has 3 N–H and O–H groups in total. The number of hydrogen-bond acceptors (Lipinski definition) is 5. The van der Waals surface area contributed by atoms with Crippen molar-refractivity contribution in [2.75, 3.05) is 0 Å². The largest absolute Gasteiger partial charge is 0.508 e. The molecule has 0 saturated heterocycles. The smallest absolute Gasteiger partial charge is 0.238 e. The summed E-state index contributed by atoms with van der Waals surface area (Å²) in [4.78, 5) is 12.1. The molecule has 3 aromatic rings. The van der Waals surface area contributed by atoms with E-state index in [0.717, 1.165) is 6.07 Å². The van der Waals surface area contributed by atoms with Crippen LogP contribution in [0.2, 0.25) is 0 Å². The summed E-state index contributed by atoms with van der Waals surface area (Å²) in [5.74, 6) is -1.26. The van der Waals surface area contributed by atoms with Crippen molar-refractivity contribution in [1.29, 1.82) is 0 Å². The molecule has 0 saturated carbocycles. The first-order valence-corrected chi connectivity index (χ1v) is 6.85. The van der Waals surface area contributed by atoms with E-state index in [9.17, 15) is 20.1 Å². The van der Waals surface area contributed by atoms with Crippen molar-refractivity contribution in [2.24, 2.45) is 0 Å². The molecule has 0 aliphatic rings. The predicted molar refractivity (Wildman–Crippen MR) is 84.3 cm³/mol. The summed E-state index contributed by atoms with van der Waals surface area (Å²) in [6.07, 6.45) is 0. The zero-order valence-corrected chi connectivity index (χ0v) is 12.2. The zero-order valence-electron chi connectivity index (χ0n) is 12.2. The highest BCUT2D eigenvalue weighted by Gasteiger charge is 2.18. The Morgan fingerprint density at radius 1 is 0.955 bits per heavy atom. The Bertz CT molecular complexity index is 850. The first-order valence-electron chi connectivity index (χ1n) is 6.85. The van der Waals surface area contributed by atoms with E-state index in [-0.39, 0.29) is 22.5 Å². The zero-order chi connectivity index (χ0) is 16.3. The van der Waals surface area contributed by atoms with E-state index in [1.54, 1.807) is 30.3 Å². The van der Waals surface area contributed by atoms with Crippen LogP contribution >= 0.6 is 0 Å². The SMILES string of the molecule is CC.O=c1c(O)c(-c2ccccc2)oc2cc(O)cc(O)c12. The molecule has 0 unspecified atom stereocenters. The minimum Gasteiger partial charge on any atom is -0.508 e. The molecule has 2 aromatic carbocycles. The van der Waals surface area contributed by atoms with Gasteiger partial charge in [0, 0.05) is 17.7 Å². The van der Waals surface area contributed by atoms with Crippen LogP contribution in [0, 0.1) is 0 Å². The molecule has 0 bridgehead atoms. The van der Waals surface area contributed by atoms with Gasteiger partial charge in [-0.2, -0.15) is 0 Å². The van der Waals surface area contributed by atoms with E-state index >= 15 is 0 Å². The van der Waals surface area contributed by atoms with E-state index in [1.165, 1.54) is 6.07 Å². The second-order valence-corrected chi connectivity index (χ2v) is 4.31. The maximum atomic E-state index is 12.1. The molecule has 5 heteroatoms. The van der Waals surface area contributed by atoms with Crippen molar-refractivity contribution in [3.8, 4) is 28.6 Å². The van der Waals surface area contributed by atoms with Crippen molar-refractivity contribution in [3.63, 3.8) is 0 Å². The summed E-state index contributed by atoms with van der Waals surface area (Å²) in [6.45, 7) is 4.00. The van der Waals surface area contributed by atoms with Crippen molar-refractivity contribution < 1.29 is 19.7 Å². The Labute approximate surface area is 126 Å². The van der Waals surface area contributed by atoms with Crippen LogP contribution in [0.4, 0.5) is 0 Å². The standard InChI is InChI=1S/C15H10O5.C2H6/c16-9-6-10(17)12-11(7-9)20-15(14(19)13(12)18)8-4-2-1-3-5-8;1-2/h1-7,16-17,19H;1-2H3. The third-order valence-electron chi connectivity index (χ3n) is 2.97. The van der Waals surface area contributed by atoms with E-state index in [0.29, 0.717) is 5.56 Å². The second kappa shape index (κ2) is 6.22. The van der Waals surface area contributed by atoms with Gasteiger partial charge in [0.2, 0.25) is 11.2 Å². The lowest BCUT2D eigenvalue weighted by Gasteiger charge is -2.07. The van der Waals surface area contributed by atoms with Gasteiger partial charge in [0.05, 0.1) is 0 Å². The van der Waals surface area contributed by atoms with Crippen LogP contribution in [0.25, 0.3) is 22.3 Å². The number of aromatic hydroxyl groups is 3. The first-order chi connectivity index (χ1) is 10.6. The summed E-state index contributed by atoms with van der Waals surface area (Å²) in [6, 6.07) is 10.8. The summed E-state index contributed by atoms with van der Waals surface area (Å²) in [5, 5.41) is 28.9. The van der Waals surface area contributed by atoms with Crippen LogP contribution in [0.15, 0.2) is 51.7 Å². The Balaban J connectivity index is 0.000000847.